The van der Waals surface area contributed by atoms with Crippen LogP contribution >= 0.6 is 0 Å². The maximum Gasteiger partial charge on any atom is 0.121 e. The van der Waals surface area contributed by atoms with Crippen molar-refractivity contribution in [2.75, 3.05) is 13.1 Å². The Morgan fingerprint density at radius 3 is 2.65 bits per heavy atom. The molecule has 0 amide bonds. The molecule has 3 heteroatoms. The predicted octanol–water partition coefficient (Wildman–Crippen LogP) is 3.49. The number of hydrogen-bond acceptors (Lipinski definition) is 3. The fourth-order valence-electron chi connectivity index (χ4n) is 2.34. The molecule has 0 N–H and O–H groups in total. The number of rotatable bonds is 4. The van der Waals surface area contributed by atoms with Gasteiger partial charge in [0.25, 0.3) is 0 Å². The van der Waals surface area contributed by atoms with Crippen LogP contribution in [0.2, 0.25) is 0 Å². The second kappa shape index (κ2) is 6.29. The Morgan fingerprint density at radius 2 is 2.05 bits per heavy atom. The summed E-state index contributed by atoms with van der Waals surface area (Å²) in [6.07, 6.45) is 2.13. The summed E-state index contributed by atoms with van der Waals surface area (Å²) in [6.45, 7) is 11.9. The molecule has 1 aromatic rings. The van der Waals surface area contributed by atoms with Crippen LogP contribution in [0.5, 0.6) is 5.75 Å². The minimum absolute atomic E-state index is 0.207. The Hall–Kier alpha value is -2.21. The van der Waals surface area contributed by atoms with E-state index in [9.17, 15) is 0 Å². The molecule has 3 nitrogen and oxygen atoms in total. The fourth-order valence-corrected chi connectivity index (χ4v) is 2.34. The highest BCUT2D eigenvalue weighted by Gasteiger charge is 2.21. The zero-order chi connectivity index (χ0) is 14.5. The highest BCUT2D eigenvalue weighted by molar-refractivity contribution is 5.36. The summed E-state index contributed by atoms with van der Waals surface area (Å²) >= 11 is 0. The summed E-state index contributed by atoms with van der Waals surface area (Å²) in [5, 5.41) is 8.89. The van der Waals surface area contributed by atoms with Gasteiger partial charge >= 0.3 is 0 Å². The van der Waals surface area contributed by atoms with E-state index in [1.165, 1.54) is 0 Å². The van der Waals surface area contributed by atoms with E-state index >= 15 is 0 Å². The van der Waals surface area contributed by atoms with Crippen molar-refractivity contribution in [1.82, 2.24) is 4.90 Å². The number of nitrogens with zero attached hydrogens (tertiary/aromatic N) is 2. The molecule has 1 heterocycles. The minimum atomic E-state index is 0.207. The molecule has 0 radical (unpaired) electrons. The molecule has 0 atom stereocenters. The van der Waals surface area contributed by atoms with Gasteiger partial charge in [-0.3, -0.25) is 0 Å². The third kappa shape index (κ3) is 3.42. The lowest BCUT2D eigenvalue weighted by molar-refractivity contribution is 0.119. The summed E-state index contributed by atoms with van der Waals surface area (Å²) in [5.74, 6) is 0.779. The molecule has 1 saturated heterocycles. The molecule has 0 aliphatic carbocycles. The van der Waals surface area contributed by atoms with Gasteiger partial charge in [-0.1, -0.05) is 19.2 Å². The Kier molecular flexibility index (Phi) is 4.47. The van der Waals surface area contributed by atoms with Gasteiger partial charge in [0.05, 0.1) is 11.6 Å². The van der Waals surface area contributed by atoms with Gasteiger partial charge in [0.15, 0.2) is 0 Å². The van der Waals surface area contributed by atoms with Crippen LogP contribution in [0.3, 0.4) is 0 Å². The van der Waals surface area contributed by atoms with Crippen molar-refractivity contribution < 1.29 is 4.74 Å². The van der Waals surface area contributed by atoms with E-state index in [-0.39, 0.29) is 6.10 Å². The normalized spacial score (nSPS) is 15.5. The van der Waals surface area contributed by atoms with Gasteiger partial charge in [0.2, 0.25) is 0 Å². The van der Waals surface area contributed by atoms with Crippen molar-refractivity contribution in [2.24, 2.45) is 0 Å². The number of likely N-dealkylation sites (tertiary alicyclic amines) is 1. The summed E-state index contributed by atoms with van der Waals surface area (Å²) < 4.78 is 5.96. The molecule has 0 spiro atoms. The molecule has 1 aliphatic rings. The van der Waals surface area contributed by atoms with Crippen molar-refractivity contribution in [3.8, 4) is 11.8 Å². The Labute approximate surface area is 120 Å². The first-order chi connectivity index (χ1) is 9.60. The number of hydrogen-bond donors (Lipinski definition) is 0. The van der Waals surface area contributed by atoms with Gasteiger partial charge < -0.3 is 9.64 Å². The number of nitriles is 1. The topological polar surface area (TPSA) is 36.3 Å². The third-order valence-electron chi connectivity index (χ3n) is 3.58. The van der Waals surface area contributed by atoms with Crippen molar-refractivity contribution >= 4 is 0 Å². The van der Waals surface area contributed by atoms with Crippen LogP contribution < -0.4 is 4.74 Å². The fraction of sp³-hybridized carbons (Fsp3) is 0.353. The Morgan fingerprint density at radius 1 is 1.35 bits per heavy atom. The van der Waals surface area contributed by atoms with Crippen molar-refractivity contribution in [3.05, 3.63) is 54.3 Å². The second-order valence-corrected chi connectivity index (χ2v) is 5.17. The monoisotopic (exact) mass is 268 g/mol. The Balaban J connectivity index is 1.90. The quantitative estimate of drug-likeness (QED) is 0.784. The minimum Gasteiger partial charge on any atom is -0.490 e. The molecule has 0 aromatic heterocycles. The second-order valence-electron chi connectivity index (χ2n) is 5.17. The van der Waals surface area contributed by atoms with Crippen LogP contribution in [-0.4, -0.2) is 24.1 Å². The SMILES string of the molecule is C=C(C)C(=C)N1CCC(Oc2cccc(C#N)c2)CC1. The smallest absolute Gasteiger partial charge is 0.121 e. The number of allylic oxidation sites excluding steroid dienone is 1. The van der Waals surface area contributed by atoms with E-state index in [2.05, 4.69) is 24.1 Å². The molecule has 0 bridgehead atoms. The lowest BCUT2D eigenvalue weighted by Crippen LogP contribution is -2.37. The molecule has 104 valence electrons. The standard InChI is InChI=1S/C17H20N2O/c1-13(2)14(3)19-9-7-16(8-10-19)20-17-6-4-5-15(11-17)12-18/h4-6,11,16H,1,3,7-10H2,2H3. The van der Waals surface area contributed by atoms with E-state index in [0.29, 0.717) is 5.56 Å². The molecular formula is C17H20N2O. The molecule has 20 heavy (non-hydrogen) atoms. The van der Waals surface area contributed by atoms with Gasteiger partial charge in [0.1, 0.15) is 11.9 Å². The van der Waals surface area contributed by atoms with E-state index in [1.54, 1.807) is 12.1 Å². The largest absolute Gasteiger partial charge is 0.490 e. The molecule has 2 rings (SSSR count). The summed E-state index contributed by atoms with van der Waals surface area (Å²) in [5.41, 5.74) is 2.68. The summed E-state index contributed by atoms with van der Waals surface area (Å²) in [6, 6.07) is 9.46. The molecule has 0 saturated carbocycles. The van der Waals surface area contributed by atoms with E-state index in [0.717, 1.165) is 43.0 Å². The van der Waals surface area contributed by atoms with Crippen LogP contribution in [-0.2, 0) is 0 Å². The number of benzene rings is 1. The van der Waals surface area contributed by atoms with Gasteiger partial charge in [0, 0.05) is 31.6 Å². The van der Waals surface area contributed by atoms with E-state index < -0.39 is 0 Å². The lowest BCUT2D eigenvalue weighted by atomic mass is 10.1. The van der Waals surface area contributed by atoms with Crippen molar-refractivity contribution in [3.63, 3.8) is 0 Å². The lowest BCUT2D eigenvalue weighted by Gasteiger charge is -2.35. The maximum atomic E-state index is 8.89. The molecule has 1 aromatic carbocycles. The van der Waals surface area contributed by atoms with Gasteiger partial charge in [-0.25, -0.2) is 0 Å². The third-order valence-corrected chi connectivity index (χ3v) is 3.58. The summed E-state index contributed by atoms with van der Waals surface area (Å²) in [4.78, 5) is 2.26. The first kappa shape index (κ1) is 14.2. The predicted molar refractivity (Wildman–Crippen MR) is 80.3 cm³/mol. The average molecular weight is 268 g/mol. The number of piperidine rings is 1. The molecule has 1 aliphatic heterocycles. The van der Waals surface area contributed by atoms with Crippen LogP contribution in [0.25, 0.3) is 0 Å². The zero-order valence-corrected chi connectivity index (χ0v) is 11.9. The first-order valence-electron chi connectivity index (χ1n) is 6.86. The van der Waals surface area contributed by atoms with Crippen molar-refractivity contribution in [1.29, 1.82) is 5.26 Å². The zero-order valence-electron chi connectivity index (χ0n) is 11.9. The van der Waals surface area contributed by atoms with Crippen molar-refractivity contribution in [2.45, 2.75) is 25.9 Å². The van der Waals surface area contributed by atoms with Gasteiger partial charge in [-0.2, -0.15) is 5.26 Å². The van der Waals surface area contributed by atoms with E-state index in [4.69, 9.17) is 10.00 Å². The van der Waals surface area contributed by atoms with Gasteiger partial charge in [-0.15, -0.1) is 0 Å². The summed E-state index contributed by atoms with van der Waals surface area (Å²) in [7, 11) is 0. The van der Waals surface area contributed by atoms with Crippen LogP contribution in [0.1, 0.15) is 25.3 Å². The van der Waals surface area contributed by atoms with E-state index in [1.807, 2.05) is 19.1 Å². The first-order valence-corrected chi connectivity index (χ1v) is 6.86. The van der Waals surface area contributed by atoms with Gasteiger partial charge in [-0.05, 0) is 30.7 Å². The molecule has 1 fully saturated rings. The highest BCUT2D eigenvalue weighted by atomic mass is 16.5. The van der Waals surface area contributed by atoms with Crippen LogP contribution in [0.4, 0.5) is 0 Å². The average Bonchev–Trinajstić information content (AvgIpc) is 2.47. The Bertz CT molecular complexity index is 548. The van der Waals surface area contributed by atoms with Crippen LogP contribution in [0.15, 0.2) is 48.7 Å². The maximum absolute atomic E-state index is 8.89. The number of ether oxygens (including phenoxy) is 1. The highest BCUT2D eigenvalue weighted by Crippen LogP contribution is 2.23. The molecule has 0 unspecified atom stereocenters. The molecular weight excluding hydrogens is 248 g/mol. The van der Waals surface area contributed by atoms with Crippen LogP contribution in [0, 0.1) is 11.3 Å².